The molecule has 32 heavy (non-hydrogen) atoms. The highest BCUT2D eigenvalue weighted by Gasteiger charge is 2.24. The van der Waals surface area contributed by atoms with Crippen molar-refractivity contribution < 1.29 is 0 Å². The largest absolute Gasteiger partial charge is 0.330 e. The Kier molecular flexibility index (Phi) is 25.4. The molecule has 0 unspecified atom stereocenters. The SMILES string of the molecule is Cl.Cl.Cl.Cl.Cl.NCC1CCC(CNCCN2CCN(CC3CCC(CN)CC3)CC2)CC1. The summed E-state index contributed by atoms with van der Waals surface area (Å²) < 4.78 is 0. The Labute approximate surface area is 228 Å². The lowest BCUT2D eigenvalue weighted by molar-refractivity contribution is 0.105. The maximum absolute atomic E-state index is 5.83. The van der Waals surface area contributed by atoms with Gasteiger partial charge in [0.05, 0.1) is 0 Å². The van der Waals surface area contributed by atoms with Crippen LogP contribution in [0.2, 0.25) is 0 Å². The van der Waals surface area contributed by atoms with Crippen LogP contribution in [0.4, 0.5) is 0 Å². The van der Waals surface area contributed by atoms with Crippen LogP contribution in [-0.4, -0.2) is 75.2 Å². The molecule has 0 aromatic heterocycles. The summed E-state index contributed by atoms with van der Waals surface area (Å²) in [6.07, 6.45) is 11.0. The van der Waals surface area contributed by atoms with Gasteiger partial charge in [0.1, 0.15) is 0 Å². The zero-order chi connectivity index (χ0) is 18.9. The smallest absolute Gasteiger partial charge is 0.0110 e. The van der Waals surface area contributed by atoms with Crippen LogP contribution in [0.3, 0.4) is 0 Å². The first-order chi connectivity index (χ1) is 13.3. The minimum atomic E-state index is 0. The van der Waals surface area contributed by atoms with Crippen LogP contribution in [0.1, 0.15) is 51.4 Å². The van der Waals surface area contributed by atoms with E-state index < -0.39 is 0 Å². The second-order valence-corrected chi connectivity index (χ2v) is 9.59. The molecule has 1 aliphatic heterocycles. The molecule has 10 heteroatoms. The summed E-state index contributed by atoms with van der Waals surface area (Å²) in [7, 11) is 0. The molecule has 0 aromatic rings. The summed E-state index contributed by atoms with van der Waals surface area (Å²) in [5, 5.41) is 3.73. The zero-order valence-electron chi connectivity index (χ0n) is 19.6. The van der Waals surface area contributed by atoms with Crippen molar-refractivity contribution in [3.8, 4) is 0 Å². The third-order valence-electron chi connectivity index (χ3n) is 7.62. The molecular formula is C22H50Cl5N5. The maximum atomic E-state index is 5.83. The van der Waals surface area contributed by atoms with E-state index >= 15 is 0 Å². The fourth-order valence-electron chi connectivity index (χ4n) is 5.43. The highest BCUT2D eigenvalue weighted by Crippen LogP contribution is 2.29. The van der Waals surface area contributed by atoms with Gasteiger partial charge < -0.3 is 21.7 Å². The van der Waals surface area contributed by atoms with E-state index in [-0.39, 0.29) is 62.0 Å². The number of rotatable bonds is 9. The molecule has 3 fully saturated rings. The number of nitrogens with two attached hydrogens (primary N) is 2. The van der Waals surface area contributed by atoms with Gasteiger partial charge in [0.2, 0.25) is 0 Å². The van der Waals surface area contributed by atoms with E-state index in [1.807, 2.05) is 0 Å². The fraction of sp³-hybridized carbons (Fsp3) is 1.00. The van der Waals surface area contributed by atoms with E-state index in [0.717, 1.165) is 43.3 Å². The van der Waals surface area contributed by atoms with Crippen LogP contribution in [-0.2, 0) is 0 Å². The van der Waals surface area contributed by atoms with Gasteiger partial charge in [-0.25, -0.2) is 0 Å². The quantitative estimate of drug-likeness (QED) is 0.373. The Morgan fingerprint density at radius 2 is 0.969 bits per heavy atom. The van der Waals surface area contributed by atoms with E-state index in [9.17, 15) is 0 Å². The lowest BCUT2D eigenvalue weighted by atomic mass is 9.82. The van der Waals surface area contributed by atoms with Gasteiger partial charge in [-0.05, 0) is 94.7 Å². The summed E-state index contributed by atoms with van der Waals surface area (Å²) in [6, 6.07) is 0. The number of halogens is 5. The molecule has 0 spiro atoms. The molecule has 5 nitrogen and oxygen atoms in total. The van der Waals surface area contributed by atoms with Gasteiger partial charge in [-0.1, -0.05) is 0 Å². The average Bonchev–Trinajstić information content (AvgIpc) is 2.73. The number of piperazine rings is 1. The second kappa shape index (κ2) is 21.5. The zero-order valence-corrected chi connectivity index (χ0v) is 23.7. The lowest BCUT2D eigenvalue weighted by Gasteiger charge is -2.38. The first-order valence-corrected chi connectivity index (χ1v) is 11.8. The highest BCUT2D eigenvalue weighted by atomic mass is 35.5. The molecule has 3 rings (SSSR count). The van der Waals surface area contributed by atoms with E-state index in [1.54, 1.807) is 0 Å². The van der Waals surface area contributed by atoms with Crippen molar-refractivity contribution in [2.75, 3.05) is 65.4 Å². The molecule has 0 amide bonds. The van der Waals surface area contributed by atoms with Crippen LogP contribution in [0, 0.1) is 23.7 Å². The minimum Gasteiger partial charge on any atom is -0.330 e. The fourth-order valence-corrected chi connectivity index (χ4v) is 5.43. The Morgan fingerprint density at radius 1 is 0.562 bits per heavy atom. The van der Waals surface area contributed by atoms with Crippen molar-refractivity contribution >= 4 is 62.0 Å². The molecule has 1 heterocycles. The van der Waals surface area contributed by atoms with Crippen LogP contribution in [0.5, 0.6) is 0 Å². The predicted octanol–water partition coefficient (Wildman–Crippen LogP) is 3.83. The number of hydrogen-bond donors (Lipinski definition) is 3. The van der Waals surface area contributed by atoms with Crippen molar-refractivity contribution in [3.63, 3.8) is 0 Å². The third kappa shape index (κ3) is 13.4. The van der Waals surface area contributed by atoms with Crippen LogP contribution < -0.4 is 16.8 Å². The molecule has 0 radical (unpaired) electrons. The van der Waals surface area contributed by atoms with Crippen molar-refractivity contribution in [3.05, 3.63) is 0 Å². The summed E-state index contributed by atoms with van der Waals surface area (Å²) in [5.41, 5.74) is 11.6. The van der Waals surface area contributed by atoms with Gasteiger partial charge in [-0.15, -0.1) is 62.0 Å². The molecule has 3 aliphatic rings. The van der Waals surface area contributed by atoms with E-state index in [1.165, 1.54) is 97.2 Å². The standard InChI is InChI=1S/C22H45N5.5ClH/c23-15-19-1-5-21(6-2-19)17-25-9-10-26-11-13-27(14-12-26)18-22-7-3-20(16-24)4-8-22;;;;;/h19-22,25H,1-18,23-24H2;5*1H. The van der Waals surface area contributed by atoms with E-state index in [2.05, 4.69) is 15.1 Å². The second-order valence-electron chi connectivity index (χ2n) is 9.59. The van der Waals surface area contributed by atoms with Gasteiger partial charge in [0.25, 0.3) is 0 Å². The van der Waals surface area contributed by atoms with Gasteiger partial charge >= 0.3 is 0 Å². The lowest BCUT2D eigenvalue weighted by Crippen LogP contribution is -2.49. The molecule has 0 aromatic carbocycles. The summed E-state index contributed by atoms with van der Waals surface area (Å²) in [6.45, 7) is 11.7. The summed E-state index contributed by atoms with van der Waals surface area (Å²) in [5.74, 6) is 3.42. The first kappa shape index (κ1) is 37.8. The average molecular weight is 562 g/mol. The predicted molar refractivity (Wildman–Crippen MR) is 151 cm³/mol. The van der Waals surface area contributed by atoms with E-state index in [4.69, 9.17) is 11.5 Å². The Bertz CT molecular complexity index is 397. The molecule has 2 aliphatic carbocycles. The van der Waals surface area contributed by atoms with Crippen molar-refractivity contribution in [1.82, 2.24) is 15.1 Å². The Balaban J connectivity index is -0.00000168. The monoisotopic (exact) mass is 559 g/mol. The molecule has 0 atom stereocenters. The number of nitrogens with zero attached hydrogens (tertiary/aromatic N) is 2. The maximum Gasteiger partial charge on any atom is 0.0110 e. The van der Waals surface area contributed by atoms with Crippen LogP contribution >= 0.6 is 62.0 Å². The van der Waals surface area contributed by atoms with Crippen molar-refractivity contribution in [2.24, 2.45) is 35.1 Å². The molecule has 198 valence electrons. The summed E-state index contributed by atoms with van der Waals surface area (Å²) >= 11 is 0. The van der Waals surface area contributed by atoms with Crippen LogP contribution in [0.25, 0.3) is 0 Å². The van der Waals surface area contributed by atoms with Gasteiger partial charge in [0.15, 0.2) is 0 Å². The van der Waals surface area contributed by atoms with E-state index in [0.29, 0.717) is 0 Å². The molecule has 0 bridgehead atoms. The normalized spacial score (nSPS) is 28.7. The first-order valence-electron chi connectivity index (χ1n) is 11.8. The number of nitrogens with one attached hydrogen (secondary N) is 1. The Hall–Kier alpha value is 1.25. The number of hydrogen-bond acceptors (Lipinski definition) is 5. The van der Waals surface area contributed by atoms with Gasteiger partial charge in [0, 0.05) is 45.8 Å². The van der Waals surface area contributed by atoms with Crippen LogP contribution in [0.15, 0.2) is 0 Å². The van der Waals surface area contributed by atoms with Gasteiger partial charge in [-0.3, -0.25) is 4.90 Å². The molecule has 2 saturated carbocycles. The summed E-state index contributed by atoms with van der Waals surface area (Å²) in [4.78, 5) is 5.37. The molecule has 5 N–H and O–H groups in total. The van der Waals surface area contributed by atoms with Crippen molar-refractivity contribution in [2.45, 2.75) is 51.4 Å². The van der Waals surface area contributed by atoms with Gasteiger partial charge in [-0.2, -0.15) is 0 Å². The van der Waals surface area contributed by atoms with Crippen molar-refractivity contribution in [1.29, 1.82) is 0 Å². The minimum absolute atomic E-state index is 0. The molecular weight excluding hydrogens is 512 g/mol. The molecule has 1 saturated heterocycles. The Morgan fingerprint density at radius 3 is 1.44 bits per heavy atom. The highest BCUT2D eigenvalue weighted by molar-refractivity contribution is 5.86. The third-order valence-corrected chi connectivity index (χ3v) is 7.62. The topological polar surface area (TPSA) is 70.5 Å².